The first kappa shape index (κ1) is 56.1. The van der Waals surface area contributed by atoms with E-state index in [2.05, 4.69) is 62.5 Å². The molecule has 0 aliphatic heterocycles. The summed E-state index contributed by atoms with van der Waals surface area (Å²) in [5.74, 6) is -0.478. The molecular weight excluding hydrogens is 719 g/mol. The summed E-state index contributed by atoms with van der Waals surface area (Å²) in [4.78, 5) is 26.1. The Morgan fingerprint density at radius 3 is 1.40 bits per heavy atom. The maximum Gasteiger partial charge on any atom is 0.306 e. The number of unbranched alkanes of at least 4 members (excludes halogenated alkanes) is 29. The second-order valence-corrected chi connectivity index (χ2v) is 17.3. The van der Waals surface area contributed by atoms with Gasteiger partial charge < -0.3 is 20.3 Å². The van der Waals surface area contributed by atoms with Gasteiger partial charge in [0.2, 0.25) is 5.91 Å². The van der Waals surface area contributed by atoms with E-state index in [1.165, 1.54) is 154 Å². The van der Waals surface area contributed by atoms with Crippen LogP contribution in [0.5, 0.6) is 0 Å². The molecule has 0 spiro atoms. The molecule has 3 N–H and O–H groups in total. The zero-order valence-electron chi connectivity index (χ0n) is 38.7. The van der Waals surface area contributed by atoms with Gasteiger partial charge in [-0.15, -0.1) is 0 Å². The van der Waals surface area contributed by atoms with Crippen molar-refractivity contribution in [2.75, 3.05) is 6.61 Å². The molecule has 6 heteroatoms. The van der Waals surface area contributed by atoms with E-state index in [9.17, 15) is 19.8 Å². The predicted molar refractivity (Wildman–Crippen MR) is 250 cm³/mol. The van der Waals surface area contributed by atoms with Crippen LogP contribution >= 0.6 is 0 Å². The van der Waals surface area contributed by atoms with Crippen LogP contribution in [0.2, 0.25) is 0 Å². The Labute approximate surface area is 360 Å². The molecule has 0 aromatic heterocycles. The smallest absolute Gasteiger partial charge is 0.306 e. The molecular formula is C52H97NO5. The van der Waals surface area contributed by atoms with Crippen LogP contribution in [-0.2, 0) is 14.3 Å². The molecule has 0 aromatic rings. The minimum Gasteiger partial charge on any atom is -0.462 e. The molecule has 0 aliphatic rings. The lowest BCUT2D eigenvalue weighted by Gasteiger charge is -2.24. The number of nitrogens with one attached hydrogen (secondary N) is 1. The Kier molecular flexibility index (Phi) is 44.6. The number of hydrogen-bond acceptors (Lipinski definition) is 5. The maximum atomic E-state index is 13.2. The fourth-order valence-electron chi connectivity index (χ4n) is 7.73. The van der Waals surface area contributed by atoms with E-state index < -0.39 is 18.2 Å². The summed E-state index contributed by atoms with van der Waals surface area (Å²) in [6.45, 7) is 6.36. The molecule has 58 heavy (non-hydrogen) atoms. The number of carbonyl (C=O) groups is 2. The first-order chi connectivity index (χ1) is 28.5. The largest absolute Gasteiger partial charge is 0.462 e. The molecule has 0 aromatic carbocycles. The van der Waals surface area contributed by atoms with Crippen LogP contribution in [0.25, 0.3) is 0 Å². The number of aliphatic hydroxyl groups excluding tert-OH is 2. The number of esters is 1. The van der Waals surface area contributed by atoms with Crippen molar-refractivity contribution >= 4 is 11.9 Å². The van der Waals surface area contributed by atoms with Gasteiger partial charge >= 0.3 is 5.97 Å². The fraction of sp³-hybridized carbons (Fsp3) is 0.846. The highest BCUT2D eigenvalue weighted by Gasteiger charge is 2.24. The zero-order chi connectivity index (χ0) is 42.4. The second-order valence-electron chi connectivity index (χ2n) is 17.3. The Morgan fingerprint density at radius 1 is 0.517 bits per heavy atom. The topological polar surface area (TPSA) is 95.9 Å². The van der Waals surface area contributed by atoms with Crippen LogP contribution in [-0.4, -0.2) is 46.9 Å². The van der Waals surface area contributed by atoms with Crippen molar-refractivity contribution in [3.8, 4) is 0 Å². The molecule has 6 nitrogen and oxygen atoms in total. The molecule has 340 valence electrons. The Morgan fingerprint density at radius 2 is 0.931 bits per heavy atom. The molecule has 3 atom stereocenters. The molecule has 0 fully saturated rings. The van der Waals surface area contributed by atoms with Crippen LogP contribution in [0.3, 0.4) is 0 Å². The van der Waals surface area contributed by atoms with Gasteiger partial charge in [-0.3, -0.25) is 9.59 Å². The Bertz CT molecular complexity index is 961. The van der Waals surface area contributed by atoms with Gasteiger partial charge in [0.25, 0.3) is 0 Å². The summed E-state index contributed by atoms with van der Waals surface area (Å²) in [6, 6.07) is -0.699. The number of aliphatic hydroxyl groups is 2. The molecule has 0 heterocycles. The van der Waals surface area contributed by atoms with Crippen molar-refractivity contribution in [3.05, 3.63) is 36.5 Å². The molecule has 0 rings (SSSR count). The number of amides is 1. The minimum atomic E-state index is -0.786. The quantitative estimate of drug-likeness (QED) is 0.0323. The van der Waals surface area contributed by atoms with Gasteiger partial charge in [-0.25, -0.2) is 0 Å². The molecule has 3 unspecified atom stereocenters. The second kappa shape index (κ2) is 46.2. The third-order valence-electron chi connectivity index (χ3n) is 11.5. The normalized spacial score (nSPS) is 13.5. The third kappa shape index (κ3) is 40.8. The maximum absolute atomic E-state index is 13.2. The van der Waals surface area contributed by atoms with E-state index in [1.54, 1.807) is 0 Å². The lowest BCUT2D eigenvalue weighted by Crippen LogP contribution is -2.46. The summed E-state index contributed by atoms with van der Waals surface area (Å²) >= 11 is 0. The van der Waals surface area contributed by atoms with E-state index in [0.29, 0.717) is 19.3 Å². The van der Waals surface area contributed by atoms with Crippen molar-refractivity contribution in [2.24, 2.45) is 0 Å². The number of allylic oxidation sites excluding steroid dienone is 6. The molecule has 1 amide bonds. The van der Waals surface area contributed by atoms with Crippen LogP contribution in [0.1, 0.15) is 258 Å². The van der Waals surface area contributed by atoms with E-state index in [1.807, 2.05) is 0 Å². The molecule has 0 bridgehead atoms. The molecule has 0 saturated heterocycles. The Hall–Kier alpha value is -1.92. The summed E-state index contributed by atoms with van der Waals surface area (Å²) in [6.07, 6.45) is 53.4. The molecule has 0 aliphatic carbocycles. The molecule has 0 saturated carbocycles. The average molecular weight is 816 g/mol. The fourth-order valence-corrected chi connectivity index (χ4v) is 7.73. The predicted octanol–water partition coefficient (Wildman–Crippen LogP) is 14.9. The van der Waals surface area contributed by atoms with Gasteiger partial charge in [-0.1, -0.05) is 237 Å². The van der Waals surface area contributed by atoms with Crippen molar-refractivity contribution in [1.29, 1.82) is 0 Å². The average Bonchev–Trinajstić information content (AvgIpc) is 3.22. The van der Waals surface area contributed by atoms with Gasteiger partial charge in [0.15, 0.2) is 0 Å². The number of carbonyl (C=O) groups excluding carboxylic acids is 2. The van der Waals surface area contributed by atoms with Gasteiger partial charge in [0.05, 0.1) is 25.2 Å². The number of rotatable bonds is 45. The summed E-state index contributed by atoms with van der Waals surface area (Å²) in [7, 11) is 0. The highest BCUT2D eigenvalue weighted by Crippen LogP contribution is 2.18. The van der Waals surface area contributed by atoms with Gasteiger partial charge in [-0.05, 0) is 44.9 Å². The zero-order valence-corrected chi connectivity index (χ0v) is 38.7. The monoisotopic (exact) mass is 816 g/mol. The first-order valence-corrected chi connectivity index (χ1v) is 25.2. The summed E-state index contributed by atoms with van der Waals surface area (Å²) in [5.41, 5.74) is 0. The highest BCUT2D eigenvalue weighted by atomic mass is 16.5. The summed E-state index contributed by atoms with van der Waals surface area (Å²) in [5, 5.41) is 23.7. The van der Waals surface area contributed by atoms with E-state index in [-0.39, 0.29) is 24.9 Å². The number of ether oxygens (including phenoxy) is 1. The van der Waals surface area contributed by atoms with Gasteiger partial charge in [0, 0.05) is 6.42 Å². The Balaban J connectivity index is 4.53. The van der Waals surface area contributed by atoms with Crippen molar-refractivity contribution in [3.63, 3.8) is 0 Å². The van der Waals surface area contributed by atoms with Crippen LogP contribution < -0.4 is 5.32 Å². The third-order valence-corrected chi connectivity index (χ3v) is 11.5. The van der Waals surface area contributed by atoms with Crippen molar-refractivity contribution in [1.82, 2.24) is 5.32 Å². The SMILES string of the molecule is CC/C=C/C=C/C=C/CCCCCCCCCC(=O)OC(CCCCCCCCCCCCC)CC(=O)NC(CO)C(O)CCCCCCCCCCCCCCC. The first-order valence-electron chi connectivity index (χ1n) is 25.2. The van der Waals surface area contributed by atoms with Crippen molar-refractivity contribution < 1.29 is 24.5 Å². The van der Waals surface area contributed by atoms with Gasteiger partial charge in [0.1, 0.15) is 6.10 Å². The molecule has 0 radical (unpaired) electrons. The van der Waals surface area contributed by atoms with E-state index in [4.69, 9.17) is 4.74 Å². The van der Waals surface area contributed by atoms with Crippen LogP contribution in [0.15, 0.2) is 36.5 Å². The van der Waals surface area contributed by atoms with E-state index >= 15 is 0 Å². The minimum absolute atomic E-state index is 0.0762. The lowest BCUT2D eigenvalue weighted by molar-refractivity contribution is -0.151. The lowest BCUT2D eigenvalue weighted by atomic mass is 10.0. The van der Waals surface area contributed by atoms with Crippen molar-refractivity contribution in [2.45, 2.75) is 277 Å². The standard InChI is InChI=1S/C52H97NO5/c1-4-7-10-13-16-19-22-24-25-27-30-33-36-39-42-45-52(57)58-48(43-40-37-34-31-28-21-18-15-12-9-6-3)46-51(56)53-49(47-54)50(55)44-41-38-35-32-29-26-23-20-17-14-11-8-5-2/h7,10,13,16,19,22,48-50,54-55H,4-6,8-9,11-12,14-15,17-18,20-21,23-47H2,1-3H3,(H,53,56)/b10-7+,16-13+,22-19+. The highest BCUT2D eigenvalue weighted by molar-refractivity contribution is 5.77. The van der Waals surface area contributed by atoms with E-state index in [0.717, 1.165) is 57.8 Å². The van der Waals surface area contributed by atoms with Gasteiger partial charge in [-0.2, -0.15) is 0 Å². The summed E-state index contributed by atoms with van der Waals surface area (Å²) < 4.78 is 5.92. The number of hydrogen-bond donors (Lipinski definition) is 3. The van der Waals surface area contributed by atoms with Crippen LogP contribution in [0, 0.1) is 0 Å². The van der Waals surface area contributed by atoms with Crippen LogP contribution in [0.4, 0.5) is 0 Å².